The first-order valence-corrected chi connectivity index (χ1v) is 6.20. The van der Waals surface area contributed by atoms with Gasteiger partial charge in [0.05, 0.1) is 5.92 Å². The Hall–Kier alpha value is -1.06. The quantitative estimate of drug-likeness (QED) is 0.868. The number of benzene rings is 1. The van der Waals surface area contributed by atoms with Crippen LogP contribution < -0.4 is 5.32 Å². The zero-order valence-corrected chi connectivity index (χ0v) is 10.4. The molecule has 92 valence electrons. The van der Waals surface area contributed by atoms with Crippen LogP contribution in [0.4, 0.5) is 0 Å². The highest BCUT2D eigenvalue weighted by Crippen LogP contribution is 2.31. The monoisotopic (exact) mass is 253 g/mol. The number of hydrogen-bond donors (Lipinski definition) is 2. The lowest BCUT2D eigenvalue weighted by Gasteiger charge is -2.36. The van der Waals surface area contributed by atoms with E-state index in [0.717, 1.165) is 23.4 Å². The van der Waals surface area contributed by atoms with Gasteiger partial charge in [-0.15, -0.1) is 0 Å². The molecule has 4 heteroatoms. The molecule has 0 amide bonds. The molecule has 0 aliphatic heterocycles. The summed E-state index contributed by atoms with van der Waals surface area (Å²) in [5.41, 5.74) is 1.02. The van der Waals surface area contributed by atoms with Crippen molar-refractivity contribution in [3.05, 3.63) is 34.9 Å². The highest BCUT2D eigenvalue weighted by molar-refractivity contribution is 6.31. The number of carboxylic acid groups (broad SMARTS) is 1. The highest BCUT2D eigenvalue weighted by atomic mass is 35.5. The first-order chi connectivity index (χ1) is 8.09. The number of carboxylic acids is 1. The number of rotatable bonds is 4. The largest absolute Gasteiger partial charge is 0.481 e. The second kappa shape index (κ2) is 5.07. The van der Waals surface area contributed by atoms with Crippen LogP contribution in [0.25, 0.3) is 0 Å². The molecule has 2 rings (SSSR count). The van der Waals surface area contributed by atoms with Gasteiger partial charge < -0.3 is 10.4 Å². The third-order valence-electron chi connectivity index (χ3n) is 3.43. The van der Waals surface area contributed by atoms with Crippen molar-refractivity contribution in [2.75, 3.05) is 0 Å². The van der Waals surface area contributed by atoms with E-state index in [1.165, 1.54) is 0 Å². The molecule has 1 aliphatic carbocycles. The van der Waals surface area contributed by atoms with E-state index < -0.39 is 5.97 Å². The fourth-order valence-corrected chi connectivity index (χ4v) is 2.53. The van der Waals surface area contributed by atoms with Crippen molar-refractivity contribution in [2.45, 2.75) is 31.8 Å². The Morgan fingerprint density at radius 3 is 2.71 bits per heavy atom. The SMILES string of the molecule is C[C@@H](NC1CCC1C(=O)O)c1ccccc1Cl. The maximum atomic E-state index is 10.9. The fourth-order valence-electron chi connectivity index (χ4n) is 2.23. The second-order valence-electron chi connectivity index (χ2n) is 4.54. The zero-order chi connectivity index (χ0) is 12.4. The van der Waals surface area contributed by atoms with E-state index >= 15 is 0 Å². The molecule has 3 nitrogen and oxygen atoms in total. The Morgan fingerprint density at radius 1 is 1.47 bits per heavy atom. The smallest absolute Gasteiger partial charge is 0.308 e. The van der Waals surface area contributed by atoms with Crippen LogP contribution in [-0.2, 0) is 4.79 Å². The molecular formula is C13H16ClNO2. The van der Waals surface area contributed by atoms with Crippen LogP contribution in [0, 0.1) is 5.92 Å². The van der Waals surface area contributed by atoms with Gasteiger partial charge in [0.25, 0.3) is 0 Å². The van der Waals surface area contributed by atoms with Crippen molar-refractivity contribution in [2.24, 2.45) is 5.92 Å². The van der Waals surface area contributed by atoms with Crippen LogP contribution in [0.15, 0.2) is 24.3 Å². The van der Waals surface area contributed by atoms with Crippen LogP contribution in [0.5, 0.6) is 0 Å². The van der Waals surface area contributed by atoms with E-state index in [1.54, 1.807) is 0 Å². The molecule has 1 fully saturated rings. The zero-order valence-electron chi connectivity index (χ0n) is 9.69. The van der Waals surface area contributed by atoms with E-state index in [0.29, 0.717) is 0 Å². The lowest BCUT2D eigenvalue weighted by Crippen LogP contribution is -2.48. The van der Waals surface area contributed by atoms with Crippen molar-refractivity contribution < 1.29 is 9.90 Å². The van der Waals surface area contributed by atoms with Gasteiger partial charge in [-0.1, -0.05) is 29.8 Å². The van der Waals surface area contributed by atoms with E-state index in [-0.39, 0.29) is 18.0 Å². The summed E-state index contributed by atoms with van der Waals surface area (Å²) in [5.74, 6) is -0.958. The summed E-state index contributed by atoms with van der Waals surface area (Å²) in [6.07, 6.45) is 1.69. The normalized spacial score (nSPS) is 25.1. The molecule has 0 spiro atoms. The van der Waals surface area contributed by atoms with Crippen LogP contribution in [0.2, 0.25) is 5.02 Å². The molecule has 1 aromatic carbocycles. The van der Waals surface area contributed by atoms with Gasteiger partial charge in [0, 0.05) is 17.1 Å². The molecule has 2 N–H and O–H groups in total. The first kappa shape index (κ1) is 12.4. The molecule has 1 saturated carbocycles. The fraction of sp³-hybridized carbons (Fsp3) is 0.462. The summed E-state index contributed by atoms with van der Waals surface area (Å²) < 4.78 is 0. The Morgan fingerprint density at radius 2 is 2.18 bits per heavy atom. The van der Waals surface area contributed by atoms with Crippen LogP contribution in [-0.4, -0.2) is 17.1 Å². The van der Waals surface area contributed by atoms with E-state index in [9.17, 15) is 4.79 Å². The molecule has 0 radical (unpaired) electrons. The second-order valence-corrected chi connectivity index (χ2v) is 4.95. The maximum Gasteiger partial charge on any atom is 0.308 e. The van der Waals surface area contributed by atoms with E-state index in [4.69, 9.17) is 16.7 Å². The number of hydrogen-bond acceptors (Lipinski definition) is 2. The molecule has 3 atom stereocenters. The van der Waals surface area contributed by atoms with Crippen LogP contribution >= 0.6 is 11.6 Å². The lowest BCUT2D eigenvalue weighted by molar-refractivity contribution is -0.146. The molecule has 17 heavy (non-hydrogen) atoms. The Kier molecular flexibility index (Phi) is 3.69. The number of halogens is 1. The summed E-state index contributed by atoms with van der Waals surface area (Å²) in [7, 11) is 0. The minimum absolute atomic E-state index is 0.0683. The molecule has 1 aromatic rings. The van der Waals surface area contributed by atoms with Crippen molar-refractivity contribution in [3.63, 3.8) is 0 Å². The molecular weight excluding hydrogens is 238 g/mol. The minimum atomic E-state index is -0.708. The number of carbonyl (C=O) groups is 1. The van der Waals surface area contributed by atoms with Gasteiger partial charge in [0.2, 0.25) is 0 Å². The van der Waals surface area contributed by atoms with E-state index in [1.807, 2.05) is 31.2 Å². The average Bonchev–Trinajstić information content (AvgIpc) is 2.24. The van der Waals surface area contributed by atoms with Crippen LogP contribution in [0.1, 0.15) is 31.4 Å². The number of nitrogens with one attached hydrogen (secondary N) is 1. The van der Waals surface area contributed by atoms with Crippen LogP contribution in [0.3, 0.4) is 0 Å². The standard InChI is InChI=1S/C13H16ClNO2/c1-8(9-4-2-3-5-11(9)14)15-12-7-6-10(12)13(16)17/h2-5,8,10,12,15H,6-7H2,1H3,(H,16,17)/t8-,10?,12?/m1/s1. The predicted octanol–water partition coefficient (Wildman–Crippen LogP) is 2.85. The Bertz CT molecular complexity index is 422. The molecule has 0 saturated heterocycles. The third kappa shape index (κ3) is 2.61. The van der Waals surface area contributed by atoms with Crippen molar-refractivity contribution >= 4 is 17.6 Å². The van der Waals surface area contributed by atoms with Gasteiger partial charge in [-0.3, -0.25) is 4.79 Å². The highest BCUT2D eigenvalue weighted by Gasteiger charge is 2.37. The molecule has 0 aromatic heterocycles. The van der Waals surface area contributed by atoms with Gasteiger partial charge in [-0.25, -0.2) is 0 Å². The summed E-state index contributed by atoms with van der Waals surface area (Å²) in [6.45, 7) is 2.01. The molecule has 1 aliphatic rings. The van der Waals surface area contributed by atoms with Gasteiger partial charge >= 0.3 is 5.97 Å². The summed E-state index contributed by atoms with van der Waals surface area (Å²) in [4.78, 5) is 10.9. The Balaban J connectivity index is 2.00. The lowest BCUT2D eigenvalue weighted by atomic mass is 9.79. The van der Waals surface area contributed by atoms with Crippen molar-refractivity contribution in [1.82, 2.24) is 5.32 Å². The summed E-state index contributed by atoms with van der Waals surface area (Å²) in [5, 5.41) is 13.0. The van der Waals surface area contributed by atoms with Gasteiger partial charge in [0.1, 0.15) is 0 Å². The summed E-state index contributed by atoms with van der Waals surface area (Å²) >= 11 is 6.11. The predicted molar refractivity (Wildman–Crippen MR) is 67.2 cm³/mol. The minimum Gasteiger partial charge on any atom is -0.481 e. The summed E-state index contributed by atoms with van der Waals surface area (Å²) in [6, 6.07) is 7.80. The Labute approximate surface area is 106 Å². The molecule has 2 unspecified atom stereocenters. The van der Waals surface area contributed by atoms with Gasteiger partial charge in [-0.2, -0.15) is 0 Å². The van der Waals surface area contributed by atoms with Gasteiger partial charge in [-0.05, 0) is 31.4 Å². The third-order valence-corrected chi connectivity index (χ3v) is 3.77. The maximum absolute atomic E-state index is 10.9. The first-order valence-electron chi connectivity index (χ1n) is 5.83. The van der Waals surface area contributed by atoms with Gasteiger partial charge in [0.15, 0.2) is 0 Å². The van der Waals surface area contributed by atoms with Crippen molar-refractivity contribution in [1.29, 1.82) is 0 Å². The topological polar surface area (TPSA) is 49.3 Å². The van der Waals surface area contributed by atoms with Crippen molar-refractivity contribution in [3.8, 4) is 0 Å². The molecule has 0 heterocycles. The molecule has 0 bridgehead atoms. The van der Waals surface area contributed by atoms with E-state index in [2.05, 4.69) is 5.32 Å². The number of aliphatic carboxylic acids is 1. The average molecular weight is 254 g/mol.